The van der Waals surface area contributed by atoms with Crippen molar-refractivity contribution in [1.82, 2.24) is 14.9 Å². The van der Waals surface area contributed by atoms with Gasteiger partial charge in [0.1, 0.15) is 11.5 Å². The van der Waals surface area contributed by atoms with Gasteiger partial charge in [0.05, 0.1) is 30.0 Å². The van der Waals surface area contributed by atoms with E-state index in [1.807, 2.05) is 12.1 Å². The maximum Gasteiger partial charge on any atom is 0.244 e. The average Bonchev–Trinajstić information content (AvgIpc) is 3.54. The lowest BCUT2D eigenvalue weighted by atomic mass is 10.1. The third-order valence-electron chi connectivity index (χ3n) is 5.23. The highest BCUT2D eigenvalue weighted by molar-refractivity contribution is 7.89. The van der Waals surface area contributed by atoms with Crippen LogP contribution in [0.3, 0.4) is 0 Å². The lowest BCUT2D eigenvalue weighted by Crippen LogP contribution is -2.37. The zero-order valence-corrected chi connectivity index (χ0v) is 19.5. The molecule has 0 spiro atoms. The van der Waals surface area contributed by atoms with Crippen LogP contribution >= 0.6 is 0 Å². The molecule has 1 unspecified atom stereocenters. The number of sulfonamides is 1. The molecule has 0 saturated heterocycles. The summed E-state index contributed by atoms with van der Waals surface area (Å²) < 4.78 is 38.0. The highest BCUT2D eigenvalue weighted by Gasteiger charge is 2.20. The molecule has 0 aliphatic heterocycles. The predicted molar refractivity (Wildman–Crippen MR) is 126 cm³/mol. The lowest BCUT2D eigenvalue weighted by molar-refractivity contribution is -0.116. The number of carbonyl (C=O) groups is 1. The van der Waals surface area contributed by atoms with Crippen molar-refractivity contribution in [3.63, 3.8) is 0 Å². The Labute approximate surface area is 194 Å². The molecule has 3 rings (SSSR count). The minimum atomic E-state index is -3.66. The molecule has 176 valence electrons. The Morgan fingerprint density at radius 1 is 1.03 bits per heavy atom. The summed E-state index contributed by atoms with van der Waals surface area (Å²) in [6, 6.07) is 13.4. The largest absolute Gasteiger partial charge is 0.468 e. The van der Waals surface area contributed by atoms with Gasteiger partial charge in [0, 0.05) is 12.6 Å². The van der Waals surface area contributed by atoms with Gasteiger partial charge < -0.3 is 14.2 Å². The fraction of sp³-hybridized carbons (Fsp3) is 0.292. The molecule has 3 aromatic rings. The third kappa shape index (κ3) is 6.92. The molecule has 0 bridgehead atoms. The molecule has 2 aromatic heterocycles. The van der Waals surface area contributed by atoms with Crippen LogP contribution in [0.4, 0.5) is 0 Å². The summed E-state index contributed by atoms with van der Waals surface area (Å²) in [6.07, 6.45) is 6.19. The first-order chi connectivity index (χ1) is 15.9. The van der Waals surface area contributed by atoms with Crippen LogP contribution in [0.2, 0.25) is 0 Å². The molecule has 1 amide bonds. The second-order valence-electron chi connectivity index (χ2n) is 7.30. The first kappa shape index (κ1) is 24.5. The number of likely N-dealkylation sites (N-methyl/N-ethyl adjacent to an activating group) is 1. The van der Waals surface area contributed by atoms with Gasteiger partial charge in [-0.25, -0.2) is 13.1 Å². The smallest absolute Gasteiger partial charge is 0.244 e. The van der Waals surface area contributed by atoms with Crippen LogP contribution in [0.25, 0.3) is 6.08 Å². The van der Waals surface area contributed by atoms with Gasteiger partial charge in [-0.15, -0.1) is 0 Å². The Morgan fingerprint density at radius 3 is 2.33 bits per heavy atom. The molecule has 9 heteroatoms. The number of hydrogen-bond acceptors (Lipinski definition) is 6. The maximum absolute atomic E-state index is 12.4. The number of rotatable bonds is 12. The van der Waals surface area contributed by atoms with E-state index in [0.717, 1.165) is 18.8 Å². The van der Waals surface area contributed by atoms with Crippen molar-refractivity contribution in [2.75, 3.05) is 19.6 Å². The number of hydrogen-bond donors (Lipinski definition) is 2. The Balaban J connectivity index is 1.56. The van der Waals surface area contributed by atoms with E-state index in [1.54, 1.807) is 36.6 Å². The average molecular weight is 472 g/mol. The number of nitrogens with zero attached hydrogens (tertiary/aromatic N) is 1. The van der Waals surface area contributed by atoms with Crippen molar-refractivity contribution in [2.24, 2.45) is 0 Å². The fourth-order valence-corrected chi connectivity index (χ4v) is 4.40. The molecule has 1 atom stereocenters. The van der Waals surface area contributed by atoms with Crippen LogP contribution in [0.15, 0.2) is 80.9 Å². The van der Waals surface area contributed by atoms with Crippen LogP contribution in [0.1, 0.15) is 37.0 Å². The van der Waals surface area contributed by atoms with Crippen molar-refractivity contribution < 1.29 is 22.0 Å². The second-order valence-corrected chi connectivity index (χ2v) is 9.07. The van der Waals surface area contributed by atoms with Crippen LogP contribution in [-0.4, -0.2) is 38.9 Å². The predicted octanol–water partition coefficient (Wildman–Crippen LogP) is 3.56. The van der Waals surface area contributed by atoms with E-state index >= 15 is 0 Å². The van der Waals surface area contributed by atoms with Crippen molar-refractivity contribution >= 4 is 22.0 Å². The van der Waals surface area contributed by atoms with E-state index < -0.39 is 10.0 Å². The molecule has 0 saturated carbocycles. The summed E-state index contributed by atoms with van der Waals surface area (Å²) in [5.74, 6) is 1.09. The Hall–Kier alpha value is -3.14. The van der Waals surface area contributed by atoms with Gasteiger partial charge in [-0.05, 0) is 61.1 Å². The van der Waals surface area contributed by atoms with Gasteiger partial charge in [0.2, 0.25) is 15.9 Å². The summed E-state index contributed by atoms with van der Waals surface area (Å²) in [4.78, 5) is 14.7. The summed E-state index contributed by atoms with van der Waals surface area (Å²) in [5, 5.41) is 2.91. The van der Waals surface area contributed by atoms with E-state index in [4.69, 9.17) is 8.83 Å². The number of furan rings is 2. The quantitative estimate of drug-likeness (QED) is 0.392. The summed E-state index contributed by atoms with van der Waals surface area (Å²) in [7, 11) is -3.66. The Kier molecular flexibility index (Phi) is 8.65. The third-order valence-corrected chi connectivity index (χ3v) is 6.65. The van der Waals surface area contributed by atoms with E-state index in [-0.39, 0.29) is 23.4 Å². The van der Waals surface area contributed by atoms with E-state index in [1.165, 1.54) is 24.5 Å². The van der Waals surface area contributed by atoms with Gasteiger partial charge in [-0.2, -0.15) is 0 Å². The van der Waals surface area contributed by atoms with Gasteiger partial charge >= 0.3 is 0 Å². The first-order valence-corrected chi connectivity index (χ1v) is 12.3. The van der Waals surface area contributed by atoms with E-state index in [9.17, 15) is 13.2 Å². The van der Waals surface area contributed by atoms with Crippen molar-refractivity contribution in [1.29, 1.82) is 0 Å². The summed E-state index contributed by atoms with van der Waals surface area (Å²) in [6.45, 7) is 6.29. The Morgan fingerprint density at radius 2 is 1.73 bits per heavy atom. The number of nitrogens with one attached hydrogen (secondary N) is 2. The van der Waals surface area contributed by atoms with Crippen LogP contribution < -0.4 is 10.0 Å². The lowest BCUT2D eigenvalue weighted by Gasteiger charge is -2.28. The molecule has 33 heavy (non-hydrogen) atoms. The number of benzene rings is 1. The van der Waals surface area contributed by atoms with Crippen LogP contribution in [0, 0.1) is 0 Å². The molecule has 0 aliphatic carbocycles. The number of amides is 1. The molecular formula is C24H29N3O5S. The normalized spacial score (nSPS) is 12.9. The zero-order valence-electron chi connectivity index (χ0n) is 18.7. The number of carbonyl (C=O) groups excluding carboxylic acids is 1. The minimum absolute atomic E-state index is 0.0504. The van der Waals surface area contributed by atoms with Gasteiger partial charge in [0.15, 0.2) is 0 Å². The van der Waals surface area contributed by atoms with Crippen molar-refractivity contribution in [3.05, 3.63) is 84.2 Å². The molecule has 2 N–H and O–H groups in total. The van der Waals surface area contributed by atoms with Crippen LogP contribution in [0.5, 0.6) is 0 Å². The van der Waals surface area contributed by atoms with Crippen LogP contribution in [-0.2, 0) is 21.4 Å². The molecule has 2 heterocycles. The summed E-state index contributed by atoms with van der Waals surface area (Å²) in [5.41, 5.74) is 0.710. The monoisotopic (exact) mass is 471 g/mol. The summed E-state index contributed by atoms with van der Waals surface area (Å²) >= 11 is 0. The van der Waals surface area contributed by atoms with Gasteiger partial charge in [-0.3, -0.25) is 9.69 Å². The highest BCUT2D eigenvalue weighted by atomic mass is 32.2. The molecule has 0 aliphatic rings. The topological polar surface area (TPSA) is 105 Å². The molecule has 0 radical (unpaired) electrons. The first-order valence-electron chi connectivity index (χ1n) is 10.8. The van der Waals surface area contributed by atoms with Gasteiger partial charge in [-0.1, -0.05) is 26.0 Å². The molecule has 0 fully saturated rings. The van der Waals surface area contributed by atoms with Gasteiger partial charge in [0.25, 0.3) is 0 Å². The van der Waals surface area contributed by atoms with E-state index in [2.05, 4.69) is 28.8 Å². The van der Waals surface area contributed by atoms with Crippen molar-refractivity contribution in [3.8, 4) is 0 Å². The molecule has 8 nitrogen and oxygen atoms in total. The van der Waals surface area contributed by atoms with E-state index in [0.29, 0.717) is 17.9 Å². The minimum Gasteiger partial charge on any atom is -0.468 e. The zero-order chi connectivity index (χ0) is 23.7. The fourth-order valence-electron chi connectivity index (χ4n) is 3.40. The maximum atomic E-state index is 12.4. The molecule has 1 aromatic carbocycles. The van der Waals surface area contributed by atoms with Crippen molar-refractivity contribution in [2.45, 2.75) is 31.3 Å². The standard InChI is InChI=1S/C24H29N3O5S/c1-3-27(4-2)22(23-8-6-16-32-23)18-25-24(28)14-11-19-9-12-21(13-10-19)33(29,30)26-17-20-7-5-15-31-20/h5-16,22,26H,3-4,17-18H2,1-2H3,(H,25,28)/b14-11+. The Bertz CT molecular complexity index is 1120. The second kappa shape index (κ2) is 11.6. The highest BCUT2D eigenvalue weighted by Crippen LogP contribution is 2.20. The molecular weight excluding hydrogens is 442 g/mol. The SMILES string of the molecule is CCN(CC)C(CNC(=O)/C=C/c1ccc(S(=O)(=O)NCc2ccco2)cc1)c1ccco1.